The molecule has 0 aliphatic heterocycles. The van der Waals surface area contributed by atoms with Gasteiger partial charge in [0.25, 0.3) is 0 Å². The summed E-state index contributed by atoms with van der Waals surface area (Å²) in [5.74, 6) is 0. The van der Waals surface area contributed by atoms with Gasteiger partial charge in [-0.05, 0) is 50.8 Å². The number of allylic oxidation sites excluding steroid dienone is 2. The average Bonchev–Trinajstić information content (AvgIpc) is 2.02. The van der Waals surface area contributed by atoms with Crippen molar-refractivity contribution in [2.24, 2.45) is 0 Å². The third-order valence-electron chi connectivity index (χ3n) is 2.40. The lowest BCUT2D eigenvalue weighted by Crippen LogP contribution is -1.93. The lowest BCUT2D eigenvalue weighted by Gasteiger charge is -2.08. The summed E-state index contributed by atoms with van der Waals surface area (Å²) in [5.41, 5.74) is 5.66. The third kappa shape index (κ3) is 2.45. The molecule has 0 aromatic heterocycles. The van der Waals surface area contributed by atoms with Crippen LogP contribution < -0.4 is 0 Å². The van der Waals surface area contributed by atoms with Crippen molar-refractivity contribution in [1.29, 1.82) is 0 Å². The SMILES string of the molecule is C/C=C/Cc1c(C)cc(C)cc1C. The minimum absolute atomic E-state index is 1.06. The number of hydrogen-bond acceptors (Lipinski definition) is 0. The topological polar surface area (TPSA) is 0 Å². The number of rotatable bonds is 2. The number of benzene rings is 1. The molecule has 0 amide bonds. The molecule has 70 valence electrons. The molecule has 0 saturated carbocycles. The summed E-state index contributed by atoms with van der Waals surface area (Å²) in [6.45, 7) is 8.61. The summed E-state index contributed by atoms with van der Waals surface area (Å²) in [5, 5.41) is 0. The Labute approximate surface area is 81.3 Å². The van der Waals surface area contributed by atoms with E-state index in [4.69, 9.17) is 0 Å². The van der Waals surface area contributed by atoms with Crippen molar-refractivity contribution in [3.05, 3.63) is 46.5 Å². The molecular formula is C13H18. The molecule has 1 aromatic rings. The van der Waals surface area contributed by atoms with E-state index >= 15 is 0 Å². The van der Waals surface area contributed by atoms with Crippen molar-refractivity contribution < 1.29 is 0 Å². The van der Waals surface area contributed by atoms with E-state index in [1.165, 1.54) is 22.3 Å². The van der Waals surface area contributed by atoms with Crippen LogP contribution in [0, 0.1) is 20.8 Å². The van der Waals surface area contributed by atoms with Crippen LogP contribution in [0.4, 0.5) is 0 Å². The summed E-state index contributed by atoms with van der Waals surface area (Å²) in [4.78, 5) is 0. The molecule has 0 atom stereocenters. The zero-order chi connectivity index (χ0) is 9.84. The van der Waals surface area contributed by atoms with Crippen LogP contribution in [0.2, 0.25) is 0 Å². The fourth-order valence-electron chi connectivity index (χ4n) is 1.77. The lowest BCUT2D eigenvalue weighted by atomic mass is 9.97. The van der Waals surface area contributed by atoms with Crippen molar-refractivity contribution in [2.75, 3.05) is 0 Å². The van der Waals surface area contributed by atoms with Crippen LogP contribution in [-0.2, 0) is 6.42 Å². The highest BCUT2D eigenvalue weighted by Crippen LogP contribution is 2.17. The molecule has 13 heavy (non-hydrogen) atoms. The van der Waals surface area contributed by atoms with Gasteiger partial charge in [0.2, 0.25) is 0 Å². The largest absolute Gasteiger partial charge is 0.0913 e. The van der Waals surface area contributed by atoms with Gasteiger partial charge < -0.3 is 0 Å². The lowest BCUT2D eigenvalue weighted by molar-refractivity contribution is 1.15. The van der Waals surface area contributed by atoms with Gasteiger partial charge in [0.1, 0.15) is 0 Å². The Kier molecular flexibility index (Phi) is 3.30. The molecule has 0 N–H and O–H groups in total. The highest BCUT2D eigenvalue weighted by molar-refractivity contribution is 5.38. The van der Waals surface area contributed by atoms with Gasteiger partial charge in [0.15, 0.2) is 0 Å². The standard InChI is InChI=1S/C13H18/c1-5-6-7-13-11(3)8-10(2)9-12(13)4/h5-6,8-9H,7H2,1-4H3/b6-5+. The van der Waals surface area contributed by atoms with Crippen molar-refractivity contribution in [2.45, 2.75) is 34.1 Å². The number of aryl methyl sites for hydroxylation is 3. The summed E-state index contributed by atoms with van der Waals surface area (Å²) < 4.78 is 0. The van der Waals surface area contributed by atoms with Gasteiger partial charge in [-0.25, -0.2) is 0 Å². The highest BCUT2D eigenvalue weighted by Gasteiger charge is 2.00. The molecule has 0 aliphatic rings. The first kappa shape index (κ1) is 10.0. The van der Waals surface area contributed by atoms with Crippen LogP contribution in [-0.4, -0.2) is 0 Å². The third-order valence-corrected chi connectivity index (χ3v) is 2.40. The molecule has 0 bridgehead atoms. The first-order chi connectivity index (χ1) is 6.15. The minimum Gasteiger partial charge on any atom is -0.0913 e. The molecule has 0 aliphatic carbocycles. The predicted octanol–water partition coefficient (Wildman–Crippen LogP) is 3.73. The van der Waals surface area contributed by atoms with Crippen LogP contribution in [0.3, 0.4) is 0 Å². The quantitative estimate of drug-likeness (QED) is 0.599. The Morgan fingerprint density at radius 3 is 2.08 bits per heavy atom. The van der Waals surface area contributed by atoms with Crippen LogP contribution in [0.15, 0.2) is 24.3 Å². The fourth-order valence-corrected chi connectivity index (χ4v) is 1.77. The minimum atomic E-state index is 1.06. The van der Waals surface area contributed by atoms with Crippen LogP contribution in [0.25, 0.3) is 0 Å². The Hall–Kier alpha value is -1.04. The second-order valence-electron chi connectivity index (χ2n) is 3.65. The van der Waals surface area contributed by atoms with Gasteiger partial charge in [0.05, 0.1) is 0 Å². The monoisotopic (exact) mass is 174 g/mol. The molecular weight excluding hydrogens is 156 g/mol. The van der Waals surface area contributed by atoms with Crippen molar-refractivity contribution in [3.8, 4) is 0 Å². The van der Waals surface area contributed by atoms with Gasteiger partial charge in [-0.2, -0.15) is 0 Å². The molecule has 1 aromatic carbocycles. The van der Waals surface area contributed by atoms with E-state index in [9.17, 15) is 0 Å². The van der Waals surface area contributed by atoms with Crippen molar-refractivity contribution >= 4 is 0 Å². The maximum atomic E-state index is 2.26. The molecule has 1 rings (SSSR count). The second kappa shape index (κ2) is 4.27. The molecule has 0 spiro atoms. The van der Waals surface area contributed by atoms with Gasteiger partial charge in [0, 0.05) is 0 Å². The fraction of sp³-hybridized carbons (Fsp3) is 0.385. The van der Waals surface area contributed by atoms with Crippen LogP contribution >= 0.6 is 0 Å². The molecule has 0 saturated heterocycles. The highest BCUT2D eigenvalue weighted by atomic mass is 14.1. The van der Waals surface area contributed by atoms with Crippen LogP contribution in [0.5, 0.6) is 0 Å². The van der Waals surface area contributed by atoms with E-state index < -0.39 is 0 Å². The summed E-state index contributed by atoms with van der Waals surface area (Å²) in [6.07, 6.45) is 5.39. The molecule has 0 unspecified atom stereocenters. The van der Waals surface area contributed by atoms with Crippen LogP contribution in [0.1, 0.15) is 29.2 Å². The number of hydrogen-bond donors (Lipinski definition) is 0. The van der Waals surface area contributed by atoms with Crippen molar-refractivity contribution in [3.63, 3.8) is 0 Å². The van der Waals surface area contributed by atoms with E-state index in [0.29, 0.717) is 0 Å². The van der Waals surface area contributed by atoms with E-state index in [0.717, 1.165) is 6.42 Å². The first-order valence-corrected chi connectivity index (χ1v) is 4.83. The van der Waals surface area contributed by atoms with Gasteiger partial charge >= 0.3 is 0 Å². The molecule has 0 heterocycles. The smallest absolute Gasteiger partial charge is 0.00923 e. The Morgan fingerprint density at radius 2 is 1.62 bits per heavy atom. The molecule has 0 fully saturated rings. The van der Waals surface area contributed by atoms with E-state index in [1.54, 1.807) is 0 Å². The molecule has 0 radical (unpaired) electrons. The predicted molar refractivity (Wildman–Crippen MR) is 59.2 cm³/mol. The van der Waals surface area contributed by atoms with E-state index in [1.807, 2.05) is 0 Å². The second-order valence-corrected chi connectivity index (χ2v) is 3.65. The maximum Gasteiger partial charge on any atom is -0.00923 e. The zero-order valence-electron chi connectivity index (χ0n) is 9.02. The summed E-state index contributed by atoms with van der Waals surface area (Å²) >= 11 is 0. The average molecular weight is 174 g/mol. The molecule has 0 heteroatoms. The van der Waals surface area contributed by atoms with E-state index in [-0.39, 0.29) is 0 Å². The normalized spacial score (nSPS) is 11.1. The Balaban J connectivity index is 3.05. The summed E-state index contributed by atoms with van der Waals surface area (Å²) in [7, 11) is 0. The van der Waals surface area contributed by atoms with Gasteiger partial charge in [-0.1, -0.05) is 29.8 Å². The molecule has 0 nitrogen and oxygen atoms in total. The Bertz CT molecular complexity index is 296. The summed E-state index contributed by atoms with van der Waals surface area (Å²) in [6, 6.07) is 4.51. The van der Waals surface area contributed by atoms with Gasteiger partial charge in [-0.3, -0.25) is 0 Å². The van der Waals surface area contributed by atoms with E-state index in [2.05, 4.69) is 52.0 Å². The maximum absolute atomic E-state index is 2.26. The Morgan fingerprint density at radius 1 is 1.08 bits per heavy atom. The van der Waals surface area contributed by atoms with Crippen molar-refractivity contribution in [1.82, 2.24) is 0 Å². The van der Waals surface area contributed by atoms with Gasteiger partial charge in [-0.15, -0.1) is 0 Å². The first-order valence-electron chi connectivity index (χ1n) is 4.83. The zero-order valence-corrected chi connectivity index (χ0v) is 9.02.